The number of ketones is 1. The highest BCUT2D eigenvalue weighted by Gasteiger charge is 2.35. The summed E-state index contributed by atoms with van der Waals surface area (Å²) in [7, 11) is -0.0692. The minimum atomic E-state index is -3.44. The van der Waals surface area contributed by atoms with Crippen LogP contribution in [0.4, 0.5) is 0 Å². The van der Waals surface area contributed by atoms with E-state index in [1.54, 1.807) is 38.8 Å². The molecule has 3 rings (SSSR count). The van der Waals surface area contributed by atoms with E-state index >= 15 is 0 Å². The fraction of sp³-hybridized carbons (Fsp3) is 0.474. The topological polar surface area (TPSA) is 78.3 Å². The first-order valence-corrected chi connectivity index (χ1v) is 10.2. The third-order valence-corrected chi connectivity index (χ3v) is 7.24. The van der Waals surface area contributed by atoms with Gasteiger partial charge in [-0.3, -0.25) is 9.48 Å². The van der Waals surface area contributed by atoms with Crippen molar-refractivity contribution in [2.45, 2.75) is 45.1 Å². The quantitative estimate of drug-likeness (QED) is 0.770. The average Bonchev–Trinajstić information content (AvgIpc) is 2.82. The molecule has 1 aliphatic rings. The molecule has 0 spiro atoms. The molecule has 0 amide bonds. The van der Waals surface area contributed by atoms with Gasteiger partial charge in [-0.15, -0.1) is 0 Å². The number of sulfone groups is 1. The van der Waals surface area contributed by atoms with E-state index in [1.165, 1.54) is 0 Å². The maximum absolute atomic E-state index is 13.2. The number of ether oxygens (including phenoxy) is 1. The van der Waals surface area contributed by atoms with Crippen LogP contribution < -0.4 is 0 Å². The normalized spacial score (nSPS) is 18.6. The van der Waals surface area contributed by atoms with Crippen LogP contribution in [0.15, 0.2) is 11.0 Å². The number of fused-ring (bicyclic) bond motifs is 1. The summed E-state index contributed by atoms with van der Waals surface area (Å²) in [5.41, 5.74) is 4.31. The van der Waals surface area contributed by atoms with Crippen molar-refractivity contribution >= 4 is 15.6 Å². The molecular weight excluding hydrogens is 352 g/mol. The summed E-state index contributed by atoms with van der Waals surface area (Å²) in [6.45, 7) is 7.18. The summed E-state index contributed by atoms with van der Waals surface area (Å²) < 4.78 is 32.7. The van der Waals surface area contributed by atoms with Crippen molar-refractivity contribution in [3.05, 3.63) is 45.3 Å². The number of benzene rings is 1. The Balaban J connectivity index is 2.29. The molecule has 2 heterocycles. The number of hydrogen-bond acceptors (Lipinski definition) is 5. The Hall–Kier alpha value is -1.99. The fourth-order valence-electron chi connectivity index (χ4n) is 3.92. The van der Waals surface area contributed by atoms with Crippen molar-refractivity contribution in [1.82, 2.24) is 9.78 Å². The van der Waals surface area contributed by atoms with Gasteiger partial charge < -0.3 is 4.74 Å². The van der Waals surface area contributed by atoms with E-state index in [-0.39, 0.29) is 22.5 Å². The molecule has 1 aromatic carbocycles. The smallest absolute Gasteiger partial charge is 0.197 e. The minimum Gasteiger partial charge on any atom is -0.377 e. The zero-order chi connectivity index (χ0) is 19.4. The van der Waals surface area contributed by atoms with Crippen LogP contribution in [-0.2, 0) is 21.6 Å². The lowest BCUT2D eigenvalue weighted by Crippen LogP contribution is -2.25. The van der Waals surface area contributed by atoms with Gasteiger partial charge in [-0.2, -0.15) is 5.10 Å². The van der Waals surface area contributed by atoms with E-state index in [0.717, 1.165) is 11.3 Å². The van der Waals surface area contributed by atoms with E-state index in [0.29, 0.717) is 34.4 Å². The SMILES string of the molecule is COC1CCS(=O)(=O)c2c(C)c(C(=O)c3c(C)nn(C)c3C)cc(C)c21. The summed E-state index contributed by atoms with van der Waals surface area (Å²) in [6, 6.07) is 1.79. The van der Waals surface area contributed by atoms with Crippen molar-refractivity contribution in [3.8, 4) is 0 Å². The van der Waals surface area contributed by atoms with Gasteiger partial charge in [-0.1, -0.05) is 0 Å². The Kier molecular flexibility index (Phi) is 4.56. The van der Waals surface area contributed by atoms with Crippen molar-refractivity contribution in [2.24, 2.45) is 7.05 Å². The number of carbonyl (C=O) groups excluding carboxylic acids is 1. The Morgan fingerprint density at radius 1 is 1.27 bits per heavy atom. The molecule has 0 N–H and O–H groups in total. The molecule has 26 heavy (non-hydrogen) atoms. The number of aromatic nitrogens is 2. The minimum absolute atomic E-state index is 0.0291. The molecule has 0 bridgehead atoms. The van der Waals surface area contributed by atoms with Crippen LogP contribution in [0.1, 0.15) is 56.5 Å². The molecule has 1 aromatic heterocycles. The molecule has 0 radical (unpaired) electrons. The molecule has 0 aliphatic carbocycles. The van der Waals surface area contributed by atoms with Crippen LogP contribution >= 0.6 is 0 Å². The molecule has 1 atom stereocenters. The van der Waals surface area contributed by atoms with E-state index < -0.39 is 9.84 Å². The molecule has 7 heteroatoms. The van der Waals surface area contributed by atoms with Gasteiger partial charge in [0, 0.05) is 31.0 Å². The molecule has 140 valence electrons. The molecule has 1 unspecified atom stereocenters. The van der Waals surface area contributed by atoms with Gasteiger partial charge in [-0.25, -0.2) is 8.42 Å². The Bertz CT molecular complexity index is 1020. The summed E-state index contributed by atoms with van der Waals surface area (Å²) in [5.74, 6) is -0.160. The molecule has 2 aromatic rings. The maximum Gasteiger partial charge on any atom is 0.197 e. The molecule has 0 saturated heterocycles. The maximum atomic E-state index is 13.2. The lowest BCUT2D eigenvalue weighted by molar-refractivity contribution is 0.0953. The molecular formula is C19H24N2O4S. The average molecular weight is 376 g/mol. The predicted octanol–water partition coefficient (Wildman–Crippen LogP) is 2.75. The van der Waals surface area contributed by atoms with Gasteiger partial charge in [0.05, 0.1) is 28.0 Å². The van der Waals surface area contributed by atoms with Gasteiger partial charge in [-0.05, 0) is 51.3 Å². The van der Waals surface area contributed by atoms with Gasteiger partial charge in [0.15, 0.2) is 15.6 Å². The monoisotopic (exact) mass is 376 g/mol. The first-order valence-electron chi connectivity index (χ1n) is 8.54. The van der Waals surface area contributed by atoms with Gasteiger partial charge in [0.25, 0.3) is 0 Å². The highest BCUT2D eigenvalue weighted by atomic mass is 32.2. The lowest BCUT2D eigenvalue weighted by Gasteiger charge is -2.28. The zero-order valence-electron chi connectivity index (χ0n) is 16.0. The van der Waals surface area contributed by atoms with Gasteiger partial charge in [0.1, 0.15) is 0 Å². The highest BCUT2D eigenvalue weighted by Crippen LogP contribution is 2.40. The second kappa shape index (κ2) is 6.32. The zero-order valence-corrected chi connectivity index (χ0v) is 16.8. The second-order valence-electron chi connectivity index (χ2n) is 6.94. The van der Waals surface area contributed by atoms with Crippen molar-refractivity contribution < 1.29 is 17.9 Å². The first-order chi connectivity index (χ1) is 12.1. The summed E-state index contributed by atoms with van der Waals surface area (Å²) in [4.78, 5) is 13.5. The molecule has 1 aliphatic heterocycles. The standard InChI is InChI=1S/C19H24N2O4S/c1-10-9-14(18(22)17-12(3)20-21(5)13(17)4)11(2)19-16(10)15(25-6)7-8-26(19,23)24/h9,15H,7-8H2,1-6H3. The number of carbonyl (C=O) groups is 1. The number of hydrogen-bond donors (Lipinski definition) is 0. The van der Waals surface area contributed by atoms with Crippen LogP contribution in [0.3, 0.4) is 0 Å². The fourth-order valence-corrected chi connectivity index (χ4v) is 5.86. The Morgan fingerprint density at radius 2 is 1.92 bits per heavy atom. The van der Waals surface area contributed by atoms with Crippen LogP contribution in [0.5, 0.6) is 0 Å². The lowest BCUT2D eigenvalue weighted by atomic mass is 9.90. The second-order valence-corrected chi connectivity index (χ2v) is 8.99. The first kappa shape index (κ1) is 18.8. The van der Waals surface area contributed by atoms with Crippen molar-refractivity contribution in [3.63, 3.8) is 0 Å². The van der Waals surface area contributed by atoms with E-state index in [2.05, 4.69) is 5.10 Å². The summed E-state index contributed by atoms with van der Waals surface area (Å²) in [5, 5.41) is 4.31. The van der Waals surface area contributed by atoms with Gasteiger partial charge >= 0.3 is 0 Å². The van der Waals surface area contributed by atoms with Crippen molar-refractivity contribution in [2.75, 3.05) is 12.9 Å². The Morgan fingerprint density at radius 3 is 2.46 bits per heavy atom. The van der Waals surface area contributed by atoms with Gasteiger partial charge in [0.2, 0.25) is 0 Å². The number of methoxy groups -OCH3 is 1. The van der Waals surface area contributed by atoms with Crippen LogP contribution in [0.2, 0.25) is 0 Å². The molecule has 6 nitrogen and oxygen atoms in total. The summed E-state index contributed by atoms with van der Waals surface area (Å²) >= 11 is 0. The van der Waals surface area contributed by atoms with E-state index in [1.807, 2.05) is 13.8 Å². The van der Waals surface area contributed by atoms with E-state index in [4.69, 9.17) is 4.74 Å². The van der Waals surface area contributed by atoms with E-state index in [9.17, 15) is 13.2 Å². The van der Waals surface area contributed by atoms with Crippen LogP contribution in [-0.4, -0.2) is 36.8 Å². The van der Waals surface area contributed by atoms with Crippen molar-refractivity contribution in [1.29, 1.82) is 0 Å². The Labute approximate surface area is 154 Å². The predicted molar refractivity (Wildman–Crippen MR) is 98.5 cm³/mol. The summed E-state index contributed by atoms with van der Waals surface area (Å²) in [6.07, 6.45) is 0.165. The molecule has 0 saturated carbocycles. The largest absolute Gasteiger partial charge is 0.377 e. The van der Waals surface area contributed by atoms with Crippen LogP contribution in [0.25, 0.3) is 0 Å². The molecule has 0 fully saturated rings. The van der Waals surface area contributed by atoms with Crippen LogP contribution in [0, 0.1) is 27.7 Å². The number of rotatable bonds is 3. The number of aryl methyl sites for hydroxylation is 3. The third-order valence-electron chi connectivity index (χ3n) is 5.32. The highest BCUT2D eigenvalue weighted by molar-refractivity contribution is 7.91. The third kappa shape index (κ3) is 2.70. The number of nitrogens with zero attached hydrogens (tertiary/aromatic N) is 2.